The van der Waals surface area contributed by atoms with Gasteiger partial charge in [-0.2, -0.15) is 0 Å². The third-order valence-electron chi connectivity index (χ3n) is 6.01. The lowest BCUT2D eigenvalue weighted by molar-refractivity contribution is 0.594. The fourth-order valence-corrected chi connectivity index (χ4v) is 4.48. The van der Waals surface area contributed by atoms with Crippen LogP contribution in [-0.2, 0) is 11.8 Å². The van der Waals surface area contributed by atoms with Gasteiger partial charge >= 0.3 is 0 Å². The van der Waals surface area contributed by atoms with E-state index in [9.17, 15) is 0 Å². The topological polar surface area (TPSA) is 51.8 Å². The number of fused-ring (bicyclic) bond motifs is 2. The summed E-state index contributed by atoms with van der Waals surface area (Å²) in [4.78, 5) is 14.0. The average Bonchev–Trinajstić information content (AvgIpc) is 3.26. The SMILES string of the molecule is CC(C)Cc1cc(-c2cc(-c3cc(C(C)(C)C)c4ccccc4c3)ncn2)nc2ccoc12. The van der Waals surface area contributed by atoms with Crippen LogP contribution < -0.4 is 0 Å². The molecular formula is C29H29N3O. The third-order valence-corrected chi connectivity index (χ3v) is 6.01. The van der Waals surface area contributed by atoms with Crippen LogP contribution in [0, 0.1) is 5.92 Å². The van der Waals surface area contributed by atoms with Crippen LogP contribution in [-0.4, -0.2) is 15.0 Å². The molecule has 0 radical (unpaired) electrons. The van der Waals surface area contributed by atoms with Gasteiger partial charge in [0.2, 0.25) is 0 Å². The maximum absolute atomic E-state index is 5.72. The zero-order valence-corrected chi connectivity index (χ0v) is 19.9. The maximum Gasteiger partial charge on any atom is 0.155 e. The Balaban J connectivity index is 1.65. The standard InChI is InChI=1S/C29H29N3O/c1-18(2)12-21-15-27(32-24-10-11-33-28(21)24)26-16-25(30-17-31-26)20-13-19-8-6-7-9-22(19)23(14-20)29(3,4)5/h6-11,13-18H,12H2,1-5H3. The van der Waals surface area contributed by atoms with Crippen LogP contribution >= 0.6 is 0 Å². The first-order chi connectivity index (χ1) is 15.8. The van der Waals surface area contributed by atoms with Gasteiger partial charge in [-0.05, 0) is 63.9 Å². The lowest BCUT2D eigenvalue weighted by Gasteiger charge is -2.22. The summed E-state index contributed by atoms with van der Waals surface area (Å²) in [6, 6.07) is 19.1. The molecule has 0 bridgehead atoms. The molecular weight excluding hydrogens is 406 g/mol. The molecule has 0 aliphatic rings. The van der Waals surface area contributed by atoms with Crippen molar-refractivity contribution in [2.75, 3.05) is 0 Å². The Hall–Kier alpha value is -3.53. The van der Waals surface area contributed by atoms with E-state index in [1.54, 1.807) is 12.6 Å². The van der Waals surface area contributed by atoms with E-state index in [1.807, 2.05) is 12.1 Å². The highest BCUT2D eigenvalue weighted by Gasteiger charge is 2.19. The minimum absolute atomic E-state index is 0.0189. The second kappa shape index (κ2) is 8.11. The van der Waals surface area contributed by atoms with E-state index < -0.39 is 0 Å². The second-order valence-corrected chi connectivity index (χ2v) is 10.2. The van der Waals surface area contributed by atoms with Gasteiger partial charge in [-0.15, -0.1) is 0 Å². The van der Waals surface area contributed by atoms with Gasteiger partial charge in [0.15, 0.2) is 5.58 Å². The molecule has 166 valence electrons. The fraction of sp³-hybridized carbons (Fsp3) is 0.276. The molecule has 3 aromatic heterocycles. The van der Waals surface area contributed by atoms with Crippen molar-refractivity contribution in [1.29, 1.82) is 0 Å². The van der Waals surface area contributed by atoms with Gasteiger partial charge in [0.05, 0.1) is 23.3 Å². The van der Waals surface area contributed by atoms with E-state index in [0.717, 1.165) is 45.7 Å². The molecule has 4 nitrogen and oxygen atoms in total. The monoisotopic (exact) mass is 435 g/mol. The van der Waals surface area contributed by atoms with Gasteiger partial charge in [-0.1, -0.05) is 58.9 Å². The molecule has 0 spiro atoms. The summed E-state index contributed by atoms with van der Waals surface area (Å²) in [6.45, 7) is 11.2. The summed E-state index contributed by atoms with van der Waals surface area (Å²) in [5.74, 6) is 0.517. The Morgan fingerprint density at radius 1 is 0.879 bits per heavy atom. The molecule has 0 amide bonds. The highest BCUT2D eigenvalue weighted by Crippen LogP contribution is 2.35. The van der Waals surface area contributed by atoms with Crippen LogP contribution in [0.3, 0.4) is 0 Å². The molecule has 5 aromatic rings. The summed E-state index contributed by atoms with van der Waals surface area (Å²) in [7, 11) is 0. The molecule has 4 heteroatoms. The summed E-state index contributed by atoms with van der Waals surface area (Å²) < 4.78 is 5.72. The molecule has 0 N–H and O–H groups in total. The Bertz CT molecular complexity index is 1460. The van der Waals surface area contributed by atoms with E-state index in [1.165, 1.54) is 16.3 Å². The van der Waals surface area contributed by atoms with Crippen LogP contribution in [0.5, 0.6) is 0 Å². The van der Waals surface area contributed by atoms with Crippen molar-refractivity contribution in [1.82, 2.24) is 15.0 Å². The van der Waals surface area contributed by atoms with Crippen LogP contribution in [0.25, 0.3) is 44.5 Å². The van der Waals surface area contributed by atoms with Crippen LogP contribution in [0.2, 0.25) is 0 Å². The molecule has 5 rings (SSSR count). The first kappa shape index (κ1) is 21.3. The molecule has 0 atom stereocenters. The molecule has 0 aliphatic carbocycles. The number of hydrogen-bond donors (Lipinski definition) is 0. The predicted octanol–water partition coefficient (Wildman–Crippen LogP) is 7.60. The van der Waals surface area contributed by atoms with Crippen LogP contribution in [0.1, 0.15) is 45.7 Å². The number of furan rings is 1. The first-order valence-corrected chi connectivity index (χ1v) is 11.5. The molecule has 0 saturated heterocycles. The van der Waals surface area contributed by atoms with E-state index in [2.05, 4.69) is 87.1 Å². The number of pyridine rings is 1. The van der Waals surface area contributed by atoms with E-state index in [4.69, 9.17) is 9.40 Å². The molecule has 3 heterocycles. The second-order valence-electron chi connectivity index (χ2n) is 10.2. The van der Waals surface area contributed by atoms with E-state index >= 15 is 0 Å². The lowest BCUT2D eigenvalue weighted by atomic mass is 9.82. The Morgan fingerprint density at radius 3 is 2.45 bits per heavy atom. The zero-order chi connectivity index (χ0) is 23.2. The van der Waals surface area contributed by atoms with Crippen molar-refractivity contribution in [3.05, 3.63) is 78.3 Å². The van der Waals surface area contributed by atoms with Gasteiger partial charge in [-0.25, -0.2) is 15.0 Å². The largest absolute Gasteiger partial charge is 0.462 e. The minimum atomic E-state index is 0.0189. The van der Waals surface area contributed by atoms with Gasteiger partial charge in [-0.3, -0.25) is 0 Å². The molecule has 33 heavy (non-hydrogen) atoms. The summed E-state index contributed by atoms with van der Waals surface area (Å²) in [5, 5.41) is 2.51. The summed E-state index contributed by atoms with van der Waals surface area (Å²) in [6.07, 6.45) is 4.27. The number of aromatic nitrogens is 3. The third kappa shape index (κ3) is 4.13. The zero-order valence-electron chi connectivity index (χ0n) is 19.9. The number of benzene rings is 2. The Kier molecular flexibility index (Phi) is 5.24. The summed E-state index contributed by atoms with van der Waals surface area (Å²) in [5.41, 5.74) is 7.88. The van der Waals surface area contributed by atoms with E-state index in [-0.39, 0.29) is 5.41 Å². The maximum atomic E-state index is 5.72. The van der Waals surface area contributed by atoms with Crippen LogP contribution in [0.15, 0.2) is 71.6 Å². The lowest BCUT2D eigenvalue weighted by Crippen LogP contribution is -2.12. The average molecular weight is 436 g/mol. The number of rotatable bonds is 4. The number of nitrogens with zero attached hydrogens (tertiary/aromatic N) is 3. The van der Waals surface area contributed by atoms with Gasteiger partial charge in [0, 0.05) is 11.6 Å². The van der Waals surface area contributed by atoms with Crippen LogP contribution in [0.4, 0.5) is 0 Å². The van der Waals surface area contributed by atoms with E-state index in [0.29, 0.717) is 5.92 Å². The molecule has 2 aromatic carbocycles. The van der Waals surface area contributed by atoms with Crippen molar-refractivity contribution in [3.8, 4) is 22.6 Å². The van der Waals surface area contributed by atoms with Crippen molar-refractivity contribution >= 4 is 21.9 Å². The van der Waals surface area contributed by atoms with Crippen molar-refractivity contribution < 1.29 is 4.42 Å². The van der Waals surface area contributed by atoms with Crippen molar-refractivity contribution in [3.63, 3.8) is 0 Å². The van der Waals surface area contributed by atoms with Gasteiger partial charge < -0.3 is 4.42 Å². The van der Waals surface area contributed by atoms with Crippen molar-refractivity contribution in [2.24, 2.45) is 5.92 Å². The normalized spacial score (nSPS) is 12.2. The molecule has 0 aliphatic heterocycles. The quantitative estimate of drug-likeness (QED) is 0.292. The van der Waals surface area contributed by atoms with Gasteiger partial charge in [0.1, 0.15) is 11.8 Å². The van der Waals surface area contributed by atoms with Crippen molar-refractivity contribution in [2.45, 2.75) is 46.5 Å². The summed E-state index contributed by atoms with van der Waals surface area (Å²) >= 11 is 0. The predicted molar refractivity (Wildman–Crippen MR) is 135 cm³/mol. The molecule has 0 saturated carbocycles. The fourth-order valence-electron chi connectivity index (χ4n) is 4.48. The number of hydrogen-bond acceptors (Lipinski definition) is 4. The molecule has 0 unspecified atom stereocenters. The first-order valence-electron chi connectivity index (χ1n) is 11.5. The minimum Gasteiger partial charge on any atom is -0.462 e. The highest BCUT2D eigenvalue weighted by molar-refractivity contribution is 5.91. The smallest absolute Gasteiger partial charge is 0.155 e. The Labute approximate surface area is 194 Å². The highest BCUT2D eigenvalue weighted by atomic mass is 16.3. The Morgan fingerprint density at radius 2 is 1.67 bits per heavy atom. The van der Waals surface area contributed by atoms with Gasteiger partial charge in [0.25, 0.3) is 0 Å². The molecule has 0 fully saturated rings.